The van der Waals surface area contributed by atoms with Crippen LogP contribution in [0, 0.1) is 0 Å². The van der Waals surface area contributed by atoms with Gasteiger partial charge in [-0.05, 0) is 25.7 Å². The fourth-order valence-corrected chi connectivity index (χ4v) is 3.59. The molecule has 0 aliphatic carbocycles. The van der Waals surface area contributed by atoms with Crippen molar-refractivity contribution in [3.05, 3.63) is 0 Å². The van der Waals surface area contributed by atoms with Crippen LogP contribution in [0.3, 0.4) is 0 Å². The Morgan fingerprint density at radius 1 is 0.700 bits per heavy atom. The average molecular weight is 325 g/mol. The second kappa shape index (κ2) is 12.9. The van der Waals surface area contributed by atoms with Gasteiger partial charge in [0.25, 0.3) is 0 Å². The van der Waals surface area contributed by atoms with Gasteiger partial charge in [0.15, 0.2) is 0 Å². The van der Waals surface area contributed by atoms with Crippen molar-refractivity contribution in [1.29, 1.82) is 0 Å². The van der Waals surface area contributed by atoms with Gasteiger partial charge in [-0.3, -0.25) is 8.42 Å². The molecule has 4 unspecified atom stereocenters. The van der Waals surface area contributed by atoms with E-state index in [0.717, 1.165) is 51.4 Å². The highest BCUT2D eigenvalue weighted by Gasteiger charge is 2.07. The van der Waals surface area contributed by atoms with Crippen molar-refractivity contribution in [2.45, 2.75) is 88.6 Å². The maximum atomic E-state index is 10.8. The third-order valence-corrected chi connectivity index (χ3v) is 5.98. The number of unbranched alkanes of at least 4 members (excludes halogenated alkanes) is 5. The highest BCUT2D eigenvalue weighted by Crippen LogP contribution is 2.15. The summed E-state index contributed by atoms with van der Waals surface area (Å²) in [4.78, 5) is 0. The predicted octanol–water partition coefficient (Wildman–Crippen LogP) is 3.42. The topological polar surface area (TPSA) is 80.3 Å². The van der Waals surface area contributed by atoms with Crippen LogP contribution in [-0.4, -0.2) is 28.0 Å². The van der Waals surface area contributed by atoms with Crippen molar-refractivity contribution in [2.24, 2.45) is 0 Å². The Morgan fingerprint density at radius 2 is 1.00 bits per heavy atom. The minimum atomic E-state index is -1.93. The van der Waals surface area contributed by atoms with Gasteiger partial charge in [-0.1, -0.05) is 74.5 Å². The minimum absolute atomic E-state index is 0.188. The van der Waals surface area contributed by atoms with Gasteiger partial charge < -0.3 is 9.11 Å². The van der Waals surface area contributed by atoms with Crippen molar-refractivity contribution in [2.75, 3.05) is 0 Å². The molecule has 0 heterocycles. The first-order valence-electron chi connectivity index (χ1n) is 7.69. The summed E-state index contributed by atoms with van der Waals surface area (Å²) in [5, 5.41) is -0.375. The summed E-state index contributed by atoms with van der Waals surface area (Å²) in [6.07, 6.45) is 9.21. The Morgan fingerprint density at radius 3 is 1.25 bits per heavy atom. The summed E-state index contributed by atoms with van der Waals surface area (Å²) in [6, 6.07) is 0. The molecule has 0 aliphatic heterocycles. The van der Waals surface area contributed by atoms with Crippen LogP contribution in [0.25, 0.3) is 0 Å². The van der Waals surface area contributed by atoms with E-state index < -0.39 is 22.2 Å². The normalized spacial score (nSPS) is 17.6. The molecule has 0 rings (SSSR count). The molecule has 0 aromatic heterocycles. The maximum absolute atomic E-state index is 10.8. The highest BCUT2D eigenvalue weighted by atomic mass is 32.2. The molecule has 20 heavy (non-hydrogen) atoms. The maximum Gasteiger partial charge on any atom is 0.0213 e. The third kappa shape index (κ3) is 10.0. The Balaban J connectivity index is 3.45. The first-order valence-corrected chi connectivity index (χ1v) is 9.96. The van der Waals surface area contributed by atoms with Gasteiger partial charge in [0.1, 0.15) is 0 Å². The van der Waals surface area contributed by atoms with Gasteiger partial charge in [0.2, 0.25) is 0 Å². The van der Waals surface area contributed by atoms with E-state index in [1.54, 1.807) is 0 Å². The zero-order valence-electron chi connectivity index (χ0n) is 12.7. The lowest BCUT2D eigenvalue weighted by atomic mass is 10.1. The zero-order valence-corrected chi connectivity index (χ0v) is 14.3. The van der Waals surface area contributed by atoms with Crippen molar-refractivity contribution in [3.63, 3.8) is 0 Å². The summed E-state index contributed by atoms with van der Waals surface area (Å²) in [5.41, 5.74) is 0. The molecular formula is C14H28O4S2-2. The molecule has 0 aromatic carbocycles. The van der Waals surface area contributed by atoms with Crippen LogP contribution < -0.4 is 0 Å². The summed E-state index contributed by atoms with van der Waals surface area (Å²) in [7, 11) is 0. The second-order valence-electron chi connectivity index (χ2n) is 5.28. The van der Waals surface area contributed by atoms with E-state index in [4.69, 9.17) is 0 Å². The van der Waals surface area contributed by atoms with Gasteiger partial charge in [-0.25, -0.2) is 0 Å². The van der Waals surface area contributed by atoms with Crippen LogP contribution in [0.2, 0.25) is 0 Å². The summed E-state index contributed by atoms with van der Waals surface area (Å²) < 4.78 is 43.3. The van der Waals surface area contributed by atoms with Crippen LogP contribution in [0.1, 0.15) is 78.1 Å². The molecule has 4 atom stereocenters. The molecule has 122 valence electrons. The summed E-state index contributed by atoms with van der Waals surface area (Å²) in [5.74, 6) is 0. The van der Waals surface area contributed by atoms with Crippen LogP contribution in [0.4, 0.5) is 0 Å². The molecule has 0 saturated carbocycles. The van der Waals surface area contributed by atoms with E-state index in [9.17, 15) is 17.5 Å². The first kappa shape index (κ1) is 20.2. The molecule has 0 N–H and O–H groups in total. The molecule has 0 fully saturated rings. The molecule has 0 amide bonds. The first-order chi connectivity index (χ1) is 9.52. The largest absolute Gasteiger partial charge is 0.772 e. The Labute approximate surface area is 128 Å². The number of hydrogen-bond acceptors (Lipinski definition) is 4. The fraction of sp³-hybridized carbons (Fsp3) is 1.00. The SMILES string of the molecule is CCC(CCCCCCCCC(CC)S(=O)[O-])S(=O)[O-]. The molecule has 0 aromatic rings. The van der Waals surface area contributed by atoms with Gasteiger partial charge in [0, 0.05) is 10.5 Å². The van der Waals surface area contributed by atoms with Gasteiger partial charge in [0.05, 0.1) is 0 Å². The van der Waals surface area contributed by atoms with Crippen molar-refractivity contribution in [3.8, 4) is 0 Å². The molecule has 0 aliphatic rings. The van der Waals surface area contributed by atoms with E-state index in [2.05, 4.69) is 0 Å². The number of hydrogen-bond donors (Lipinski definition) is 0. The quantitative estimate of drug-likeness (QED) is 0.384. The smallest absolute Gasteiger partial charge is 0.0213 e. The fourth-order valence-electron chi connectivity index (χ4n) is 2.32. The molecule has 6 heteroatoms. The standard InChI is InChI=1S/C14H30O4S2/c1-3-13(19(15)16)11-9-7-5-6-8-10-12-14(4-2)20(17)18/h13-14H,3-12H2,1-2H3,(H,15,16)(H,17,18)/p-2. The van der Waals surface area contributed by atoms with Crippen molar-refractivity contribution < 1.29 is 17.5 Å². The number of rotatable bonds is 13. The monoisotopic (exact) mass is 324 g/mol. The van der Waals surface area contributed by atoms with Gasteiger partial charge >= 0.3 is 0 Å². The van der Waals surface area contributed by atoms with Crippen LogP contribution in [0.15, 0.2) is 0 Å². The lowest BCUT2D eigenvalue weighted by Gasteiger charge is -2.18. The van der Waals surface area contributed by atoms with Gasteiger partial charge in [-0.15, -0.1) is 0 Å². The van der Waals surface area contributed by atoms with E-state index in [0.29, 0.717) is 12.8 Å². The zero-order chi connectivity index (χ0) is 15.4. The average Bonchev–Trinajstić information content (AvgIpc) is 2.40. The van der Waals surface area contributed by atoms with Crippen LogP contribution >= 0.6 is 0 Å². The summed E-state index contributed by atoms with van der Waals surface area (Å²) in [6.45, 7) is 3.81. The highest BCUT2D eigenvalue weighted by molar-refractivity contribution is 7.80. The van der Waals surface area contributed by atoms with Crippen molar-refractivity contribution in [1.82, 2.24) is 0 Å². The molecule has 0 saturated heterocycles. The molecular weight excluding hydrogens is 296 g/mol. The Kier molecular flexibility index (Phi) is 13.1. The molecule has 0 spiro atoms. The van der Waals surface area contributed by atoms with E-state index in [1.165, 1.54) is 0 Å². The Hall–Kier alpha value is 0.220. The minimum Gasteiger partial charge on any atom is -0.772 e. The van der Waals surface area contributed by atoms with E-state index >= 15 is 0 Å². The predicted molar refractivity (Wildman–Crippen MR) is 82.9 cm³/mol. The third-order valence-electron chi connectivity index (χ3n) is 3.76. The lowest BCUT2D eigenvalue weighted by molar-refractivity contribution is 0.492. The molecule has 0 bridgehead atoms. The van der Waals surface area contributed by atoms with E-state index in [-0.39, 0.29) is 10.5 Å². The van der Waals surface area contributed by atoms with E-state index in [1.807, 2.05) is 13.8 Å². The second-order valence-corrected chi connectivity index (χ2v) is 7.66. The summed E-state index contributed by atoms with van der Waals surface area (Å²) >= 11 is -3.87. The van der Waals surface area contributed by atoms with Crippen molar-refractivity contribution >= 4 is 22.2 Å². The lowest BCUT2D eigenvalue weighted by Crippen LogP contribution is -2.13. The molecule has 0 radical (unpaired) electrons. The van der Waals surface area contributed by atoms with Gasteiger partial charge in [-0.2, -0.15) is 0 Å². The van der Waals surface area contributed by atoms with Crippen LogP contribution in [0.5, 0.6) is 0 Å². The Bertz CT molecular complexity index is 256. The molecule has 4 nitrogen and oxygen atoms in total. The van der Waals surface area contributed by atoms with Crippen LogP contribution in [-0.2, 0) is 22.2 Å².